The number of amides is 2. The molecule has 2 saturated heterocycles. The second-order valence-corrected chi connectivity index (χ2v) is 9.62. The van der Waals surface area contributed by atoms with E-state index in [0.717, 1.165) is 5.56 Å². The van der Waals surface area contributed by atoms with Gasteiger partial charge in [0.2, 0.25) is 11.8 Å². The third kappa shape index (κ3) is 4.17. The standard InChI is InChI=1S/C27H28N2O6/c1-17-7-8-23-20(13-17)22(30)15-27(35-23)9-11-28(12-10-27)25(32)18-14-24(31)29(16-18)21-6-4-3-5-19(21)26(33)34-2/h3-8,13,18H,9-12,14-16H2,1-2H3. The number of aryl methyl sites for hydroxylation is 1. The molecule has 3 aliphatic heterocycles. The molecular weight excluding hydrogens is 448 g/mol. The average molecular weight is 477 g/mol. The number of nitrogens with zero attached hydrogens (tertiary/aromatic N) is 2. The van der Waals surface area contributed by atoms with Crippen molar-refractivity contribution in [3.05, 3.63) is 59.2 Å². The van der Waals surface area contributed by atoms with Crippen LogP contribution in [0.5, 0.6) is 5.75 Å². The molecule has 35 heavy (non-hydrogen) atoms. The number of fused-ring (bicyclic) bond motifs is 1. The van der Waals surface area contributed by atoms with Gasteiger partial charge in [-0.1, -0.05) is 23.8 Å². The van der Waals surface area contributed by atoms with Crippen molar-refractivity contribution in [2.24, 2.45) is 5.92 Å². The van der Waals surface area contributed by atoms with E-state index in [1.807, 2.05) is 25.1 Å². The van der Waals surface area contributed by atoms with Crippen LogP contribution in [0.2, 0.25) is 0 Å². The summed E-state index contributed by atoms with van der Waals surface area (Å²) >= 11 is 0. The number of para-hydroxylation sites is 1. The molecular formula is C27H28N2O6. The number of carbonyl (C=O) groups excluding carboxylic acids is 4. The summed E-state index contributed by atoms with van der Waals surface area (Å²) < 4.78 is 11.2. The van der Waals surface area contributed by atoms with Crippen molar-refractivity contribution in [1.29, 1.82) is 0 Å². The predicted octanol–water partition coefficient (Wildman–Crippen LogP) is 3.16. The van der Waals surface area contributed by atoms with Crippen LogP contribution in [0.4, 0.5) is 5.69 Å². The maximum atomic E-state index is 13.3. The number of rotatable bonds is 3. The zero-order valence-corrected chi connectivity index (χ0v) is 19.9. The van der Waals surface area contributed by atoms with Crippen LogP contribution in [0.15, 0.2) is 42.5 Å². The van der Waals surface area contributed by atoms with Crippen LogP contribution in [0.25, 0.3) is 0 Å². The topological polar surface area (TPSA) is 93.2 Å². The van der Waals surface area contributed by atoms with Gasteiger partial charge in [0.05, 0.1) is 36.3 Å². The first-order chi connectivity index (χ1) is 16.8. The van der Waals surface area contributed by atoms with Crippen LogP contribution in [-0.2, 0) is 14.3 Å². The SMILES string of the molecule is COC(=O)c1ccccc1N1CC(C(=O)N2CCC3(CC2)CC(=O)c2cc(C)ccc2O3)CC1=O. The third-order valence-electron chi connectivity index (χ3n) is 7.31. The van der Waals surface area contributed by atoms with E-state index in [9.17, 15) is 19.2 Å². The van der Waals surface area contributed by atoms with E-state index in [2.05, 4.69) is 0 Å². The first kappa shape index (κ1) is 23.1. The Hall–Kier alpha value is -3.68. The zero-order chi connectivity index (χ0) is 24.7. The summed E-state index contributed by atoms with van der Waals surface area (Å²) in [5.74, 6) is -0.585. The van der Waals surface area contributed by atoms with Crippen LogP contribution in [0.3, 0.4) is 0 Å². The van der Waals surface area contributed by atoms with Gasteiger partial charge in [0.1, 0.15) is 11.4 Å². The molecule has 5 rings (SSSR count). The first-order valence-electron chi connectivity index (χ1n) is 11.9. The van der Waals surface area contributed by atoms with Gasteiger partial charge in [0.15, 0.2) is 5.78 Å². The van der Waals surface area contributed by atoms with Gasteiger partial charge in [0, 0.05) is 38.9 Å². The molecule has 0 bridgehead atoms. The van der Waals surface area contributed by atoms with Gasteiger partial charge in [-0.2, -0.15) is 0 Å². The molecule has 2 amide bonds. The van der Waals surface area contributed by atoms with Gasteiger partial charge in [-0.05, 0) is 31.2 Å². The molecule has 0 saturated carbocycles. The van der Waals surface area contributed by atoms with E-state index in [4.69, 9.17) is 9.47 Å². The molecule has 8 nitrogen and oxygen atoms in total. The summed E-state index contributed by atoms with van der Waals surface area (Å²) in [6, 6.07) is 12.4. The zero-order valence-electron chi connectivity index (χ0n) is 19.9. The Bertz CT molecular complexity index is 1210. The first-order valence-corrected chi connectivity index (χ1v) is 11.9. The number of carbonyl (C=O) groups is 4. The highest BCUT2D eigenvalue weighted by molar-refractivity contribution is 6.05. The number of ether oxygens (including phenoxy) is 2. The lowest BCUT2D eigenvalue weighted by molar-refractivity contribution is -0.139. The molecule has 2 aromatic rings. The van der Waals surface area contributed by atoms with Gasteiger partial charge in [-0.3, -0.25) is 14.4 Å². The van der Waals surface area contributed by atoms with Gasteiger partial charge in [-0.15, -0.1) is 0 Å². The van der Waals surface area contributed by atoms with Crippen molar-refractivity contribution in [2.75, 3.05) is 31.6 Å². The highest BCUT2D eigenvalue weighted by Gasteiger charge is 2.45. The Kier molecular flexibility index (Phi) is 5.83. The van der Waals surface area contributed by atoms with Crippen LogP contribution in [-0.4, -0.2) is 60.8 Å². The Morgan fingerprint density at radius 2 is 1.83 bits per heavy atom. The number of benzene rings is 2. The highest BCUT2D eigenvalue weighted by Crippen LogP contribution is 2.40. The molecule has 2 aromatic carbocycles. The lowest BCUT2D eigenvalue weighted by Crippen LogP contribution is -2.53. The molecule has 8 heteroatoms. The Labute approximate surface area is 203 Å². The monoisotopic (exact) mass is 476 g/mol. The molecule has 2 fully saturated rings. The Balaban J connectivity index is 1.25. The largest absolute Gasteiger partial charge is 0.486 e. The molecule has 0 radical (unpaired) electrons. The van der Waals surface area contributed by atoms with Gasteiger partial charge in [-0.25, -0.2) is 4.79 Å². The van der Waals surface area contributed by atoms with Crippen LogP contribution < -0.4 is 9.64 Å². The van der Waals surface area contributed by atoms with Gasteiger partial charge >= 0.3 is 5.97 Å². The summed E-state index contributed by atoms with van der Waals surface area (Å²) in [6.07, 6.45) is 1.53. The van der Waals surface area contributed by atoms with Crippen LogP contribution in [0.1, 0.15) is 52.0 Å². The predicted molar refractivity (Wildman–Crippen MR) is 128 cm³/mol. The molecule has 3 aliphatic rings. The molecule has 0 aromatic heterocycles. The van der Waals surface area contributed by atoms with Gasteiger partial charge < -0.3 is 19.3 Å². The minimum atomic E-state index is -0.590. The highest BCUT2D eigenvalue weighted by atomic mass is 16.5. The van der Waals surface area contributed by atoms with Crippen LogP contribution in [0, 0.1) is 12.8 Å². The molecule has 3 heterocycles. The molecule has 182 valence electrons. The molecule has 0 aliphatic carbocycles. The number of methoxy groups -OCH3 is 1. The fourth-order valence-corrected chi connectivity index (χ4v) is 5.38. The van der Waals surface area contributed by atoms with Crippen molar-refractivity contribution < 1.29 is 28.7 Å². The number of hydrogen-bond acceptors (Lipinski definition) is 6. The van der Waals surface area contributed by atoms with Gasteiger partial charge in [0.25, 0.3) is 0 Å². The van der Waals surface area contributed by atoms with Crippen molar-refractivity contribution in [1.82, 2.24) is 4.90 Å². The summed E-state index contributed by atoms with van der Waals surface area (Å²) in [7, 11) is 1.30. The summed E-state index contributed by atoms with van der Waals surface area (Å²) in [5, 5.41) is 0. The fraction of sp³-hybridized carbons (Fsp3) is 0.407. The number of hydrogen-bond donors (Lipinski definition) is 0. The second-order valence-electron chi connectivity index (χ2n) is 9.62. The van der Waals surface area contributed by atoms with E-state index >= 15 is 0 Å². The Morgan fingerprint density at radius 1 is 1.09 bits per heavy atom. The molecule has 1 spiro atoms. The van der Waals surface area contributed by atoms with E-state index in [0.29, 0.717) is 54.9 Å². The number of esters is 1. The number of piperidine rings is 1. The van der Waals surface area contributed by atoms with Crippen molar-refractivity contribution in [3.8, 4) is 5.75 Å². The number of anilines is 1. The number of ketones is 1. The van der Waals surface area contributed by atoms with Crippen molar-refractivity contribution in [3.63, 3.8) is 0 Å². The number of Topliss-reactive ketones (excluding diaryl/α,β-unsaturated/α-hetero) is 1. The smallest absolute Gasteiger partial charge is 0.339 e. The second kappa shape index (κ2) is 8.83. The summed E-state index contributed by atoms with van der Waals surface area (Å²) in [4.78, 5) is 54.4. The summed E-state index contributed by atoms with van der Waals surface area (Å²) in [6.45, 7) is 3.10. The fourth-order valence-electron chi connectivity index (χ4n) is 5.38. The average Bonchev–Trinajstić information content (AvgIpc) is 3.25. The Morgan fingerprint density at radius 3 is 2.57 bits per heavy atom. The molecule has 0 N–H and O–H groups in total. The van der Waals surface area contributed by atoms with E-state index < -0.39 is 17.5 Å². The van der Waals surface area contributed by atoms with Crippen molar-refractivity contribution >= 4 is 29.3 Å². The molecule has 1 atom stereocenters. The lowest BCUT2D eigenvalue weighted by Gasteiger charge is -2.44. The molecule has 1 unspecified atom stereocenters. The number of likely N-dealkylation sites (tertiary alicyclic amines) is 1. The van der Waals surface area contributed by atoms with Crippen LogP contribution >= 0.6 is 0 Å². The normalized spacial score (nSPS) is 21.0. The van der Waals surface area contributed by atoms with E-state index in [1.165, 1.54) is 12.0 Å². The van der Waals surface area contributed by atoms with E-state index in [-0.39, 0.29) is 30.6 Å². The minimum Gasteiger partial charge on any atom is -0.486 e. The minimum absolute atomic E-state index is 0.0792. The third-order valence-corrected chi connectivity index (χ3v) is 7.31. The van der Waals surface area contributed by atoms with E-state index in [1.54, 1.807) is 29.2 Å². The maximum Gasteiger partial charge on any atom is 0.339 e. The quantitative estimate of drug-likeness (QED) is 0.632. The summed E-state index contributed by atoms with van der Waals surface area (Å²) in [5.41, 5.74) is 1.82. The maximum absolute atomic E-state index is 13.3. The van der Waals surface area contributed by atoms with Crippen molar-refractivity contribution in [2.45, 2.75) is 38.2 Å². The lowest BCUT2D eigenvalue weighted by atomic mass is 9.82.